The number of anilines is 1. The number of rotatable bonds is 7. The Kier molecular flexibility index (Phi) is 6.97. The molecule has 2 heterocycles. The largest absolute Gasteiger partial charge is 0.417 e. The van der Waals surface area contributed by atoms with Gasteiger partial charge in [-0.15, -0.1) is 0 Å². The SMILES string of the molecule is COCCNC(=O)CN(C)c1cnn(-c2ccc(C(F)(F)F)cn2)c(=O)c1Cl. The first kappa shape index (κ1) is 21.6. The molecule has 0 aromatic carbocycles. The molecule has 0 radical (unpaired) electrons. The fourth-order valence-corrected chi connectivity index (χ4v) is 2.45. The van der Waals surface area contributed by atoms with Gasteiger partial charge >= 0.3 is 6.18 Å². The van der Waals surface area contributed by atoms with Crippen molar-refractivity contribution in [1.82, 2.24) is 20.1 Å². The average Bonchev–Trinajstić information content (AvgIpc) is 2.63. The molecule has 152 valence electrons. The predicted octanol–water partition coefficient (Wildman–Crippen LogP) is 1.50. The molecule has 2 rings (SSSR count). The summed E-state index contributed by atoms with van der Waals surface area (Å²) < 4.78 is 43.5. The molecule has 0 bridgehead atoms. The minimum atomic E-state index is -4.54. The summed E-state index contributed by atoms with van der Waals surface area (Å²) in [5, 5.41) is 6.26. The summed E-state index contributed by atoms with van der Waals surface area (Å²) in [7, 11) is 3.04. The van der Waals surface area contributed by atoms with E-state index in [9.17, 15) is 22.8 Å². The number of nitrogens with one attached hydrogen (secondary N) is 1. The van der Waals surface area contributed by atoms with Crippen molar-refractivity contribution < 1.29 is 22.7 Å². The van der Waals surface area contributed by atoms with Gasteiger partial charge in [-0.25, -0.2) is 4.98 Å². The third-order valence-corrected chi connectivity index (χ3v) is 3.97. The Balaban J connectivity index is 2.20. The minimum absolute atomic E-state index is 0.0902. The summed E-state index contributed by atoms with van der Waals surface area (Å²) in [5.74, 6) is -0.435. The molecule has 0 spiro atoms. The lowest BCUT2D eigenvalue weighted by atomic mass is 10.3. The monoisotopic (exact) mass is 419 g/mol. The molecule has 0 fully saturated rings. The molecule has 0 unspecified atom stereocenters. The molecule has 0 atom stereocenters. The zero-order valence-corrected chi connectivity index (χ0v) is 15.7. The molecular weight excluding hydrogens is 403 g/mol. The summed E-state index contributed by atoms with van der Waals surface area (Å²) in [5.41, 5.74) is -1.54. The number of ether oxygens (including phenoxy) is 1. The second-order valence-electron chi connectivity index (χ2n) is 5.66. The second-order valence-corrected chi connectivity index (χ2v) is 6.04. The second kappa shape index (κ2) is 9.02. The standard InChI is InChI=1S/C16H17ClF3N5O3/c1-24(9-13(26)21-5-6-28-2)11-8-23-25(15(27)14(11)17)12-4-3-10(7-22-12)16(18,19)20/h3-4,7-8H,5-6,9H2,1-2H3,(H,21,26). The van der Waals surface area contributed by atoms with E-state index in [4.69, 9.17) is 16.3 Å². The number of amides is 1. The van der Waals surface area contributed by atoms with Crippen LogP contribution in [0.2, 0.25) is 5.02 Å². The molecule has 12 heteroatoms. The number of pyridine rings is 1. The zero-order valence-electron chi connectivity index (χ0n) is 15.0. The van der Waals surface area contributed by atoms with Gasteiger partial charge in [-0.2, -0.15) is 23.0 Å². The number of methoxy groups -OCH3 is 1. The maximum atomic E-state index is 12.6. The van der Waals surface area contributed by atoms with Crippen molar-refractivity contribution in [1.29, 1.82) is 0 Å². The fourth-order valence-electron chi connectivity index (χ4n) is 2.18. The van der Waals surface area contributed by atoms with Crippen LogP contribution in [-0.4, -0.2) is 54.5 Å². The number of likely N-dealkylation sites (N-methyl/N-ethyl adjacent to an activating group) is 1. The number of hydrogen-bond acceptors (Lipinski definition) is 6. The first-order chi connectivity index (χ1) is 13.1. The van der Waals surface area contributed by atoms with Crippen LogP contribution in [0.3, 0.4) is 0 Å². The molecule has 0 aliphatic rings. The van der Waals surface area contributed by atoms with Crippen LogP contribution in [0.25, 0.3) is 5.82 Å². The van der Waals surface area contributed by atoms with E-state index in [1.54, 1.807) is 7.05 Å². The van der Waals surface area contributed by atoms with Crippen molar-refractivity contribution >= 4 is 23.2 Å². The van der Waals surface area contributed by atoms with E-state index in [0.717, 1.165) is 16.8 Å². The van der Waals surface area contributed by atoms with Crippen molar-refractivity contribution in [2.24, 2.45) is 0 Å². The Labute approximate surface area is 162 Å². The molecule has 0 aliphatic heterocycles. The van der Waals surface area contributed by atoms with Crippen molar-refractivity contribution in [3.05, 3.63) is 45.5 Å². The fraction of sp³-hybridized carbons (Fsp3) is 0.375. The van der Waals surface area contributed by atoms with Crippen LogP contribution < -0.4 is 15.8 Å². The van der Waals surface area contributed by atoms with Crippen LogP contribution in [0, 0.1) is 0 Å². The smallest absolute Gasteiger partial charge is 0.383 e. The molecule has 8 nitrogen and oxygen atoms in total. The van der Waals surface area contributed by atoms with Crippen LogP contribution in [0.5, 0.6) is 0 Å². The Morgan fingerprint density at radius 1 is 1.36 bits per heavy atom. The first-order valence-electron chi connectivity index (χ1n) is 7.93. The lowest BCUT2D eigenvalue weighted by Crippen LogP contribution is -2.37. The van der Waals surface area contributed by atoms with Crippen LogP contribution in [0.1, 0.15) is 5.56 Å². The molecular formula is C16H17ClF3N5O3. The molecule has 1 N–H and O–H groups in total. The highest BCUT2D eigenvalue weighted by atomic mass is 35.5. The Morgan fingerprint density at radius 3 is 2.64 bits per heavy atom. The van der Waals surface area contributed by atoms with Crippen LogP contribution in [0.15, 0.2) is 29.3 Å². The summed E-state index contributed by atoms with van der Waals surface area (Å²) in [6, 6.07) is 1.80. The van der Waals surface area contributed by atoms with E-state index >= 15 is 0 Å². The van der Waals surface area contributed by atoms with Crippen LogP contribution in [-0.2, 0) is 15.7 Å². The highest BCUT2D eigenvalue weighted by molar-refractivity contribution is 6.33. The summed E-state index contributed by atoms with van der Waals surface area (Å²) >= 11 is 6.08. The lowest BCUT2D eigenvalue weighted by molar-refractivity contribution is -0.137. The lowest BCUT2D eigenvalue weighted by Gasteiger charge is -2.19. The zero-order chi connectivity index (χ0) is 20.9. The number of alkyl halides is 3. The molecule has 2 aromatic rings. The van der Waals surface area contributed by atoms with E-state index < -0.39 is 17.3 Å². The highest BCUT2D eigenvalue weighted by Gasteiger charge is 2.30. The van der Waals surface area contributed by atoms with Gasteiger partial charge in [0, 0.05) is 26.9 Å². The van der Waals surface area contributed by atoms with Gasteiger partial charge in [-0.3, -0.25) is 9.59 Å². The van der Waals surface area contributed by atoms with E-state index in [1.807, 2.05) is 0 Å². The molecule has 2 aromatic heterocycles. The van der Waals surface area contributed by atoms with Crippen molar-refractivity contribution in [3.63, 3.8) is 0 Å². The van der Waals surface area contributed by atoms with Gasteiger partial charge < -0.3 is 15.0 Å². The van der Waals surface area contributed by atoms with E-state index in [1.165, 1.54) is 18.2 Å². The average molecular weight is 420 g/mol. The van der Waals surface area contributed by atoms with Gasteiger partial charge in [0.25, 0.3) is 5.56 Å². The molecule has 0 saturated heterocycles. The third-order valence-electron chi connectivity index (χ3n) is 3.61. The number of carbonyl (C=O) groups excluding carboxylic acids is 1. The minimum Gasteiger partial charge on any atom is -0.383 e. The normalized spacial score (nSPS) is 11.4. The van der Waals surface area contributed by atoms with Gasteiger partial charge in [-0.05, 0) is 12.1 Å². The van der Waals surface area contributed by atoms with Crippen molar-refractivity contribution in [2.45, 2.75) is 6.18 Å². The van der Waals surface area contributed by atoms with E-state index in [0.29, 0.717) is 19.3 Å². The molecule has 1 amide bonds. The summed E-state index contributed by atoms with van der Waals surface area (Å²) in [6.45, 7) is 0.595. The Bertz CT molecular complexity index is 887. The van der Waals surface area contributed by atoms with Crippen molar-refractivity contribution in [2.75, 3.05) is 38.8 Å². The predicted molar refractivity (Wildman–Crippen MR) is 95.8 cm³/mol. The number of aromatic nitrogens is 3. The number of nitrogens with zero attached hydrogens (tertiary/aromatic N) is 4. The van der Waals surface area contributed by atoms with Crippen molar-refractivity contribution in [3.8, 4) is 5.82 Å². The van der Waals surface area contributed by atoms with Gasteiger partial charge in [0.05, 0.1) is 30.6 Å². The third kappa shape index (κ3) is 5.20. The van der Waals surface area contributed by atoms with Crippen LogP contribution >= 0.6 is 11.6 Å². The highest BCUT2D eigenvalue weighted by Crippen LogP contribution is 2.28. The Hall–Kier alpha value is -2.66. The Morgan fingerprint density at radius 2 is 2.07 bits per heavy atom. The van der Waals surface area contributed by atoms with Gasteiger partial charge in [0.15, 0.2) is 5.82 Å². The maximum Gasteiger partial charge on any atom is 0.417 e. The molecule has 28 heavy (non-hydrogen) atoms. The molecule has 0 aliphatic carbocycles. The van der Waals surface area contributed by atoms with Gasteiger partial charge in [-0.1, -0.05) is 11.6 Å². The molecule has 0 saturated carbocycles. The maximum absolute atomic E-state index is 12.6. The number of halogens is 4. The topological polar surface area (TPSA) is 89.3 Å². The number of carbonyl (C=O) groups is 1. The van der Waals surface area contributed by atoms with Crippen LogP contribution in [0.4, 0.5) is 18.9 Å². The van der Waals surface area contributed by atoms with E-state index in [-0.39, 0.29) is 29.0 Å². The van der Waals surface area contributed by atoms with Gasteiger partial charge in [0.1, 0.15) is 5.02 Å². The quantitative estimate of drug-likeness (QED) is 0.684. The first-order valence-corrected chi connectivity index (χ1v) is 8.31. The summed E-state index contributed by atoms with van der Waals surface area (Å²) in [6.07, 6.45) is -2.72. The summed E-state index contributed by atoms with van der Waals surface area (Å²) in [4.78, 5) is 29.3. The van der Waals surface area contributed by atoms with Gasteiger partial charge in [0.2, 0.25) is 5.91 Å². The van der Waals surface area contributed by atoms with E-state index in [2.05, 4.69) is 15.4 Å². The number of hydrogen-bond donors (Lipinski definition) is 1.